The Morgan fingerprint density at radius 1 is 1.11 bits per heavy atom. The van der Waals surface area contributed by atoms with Crippen LogP contribution in [0.5, 0.6) is 11.5 Å². The second-order valence-corrected chi connectivity index (χ2v) is 4.77. The quantitative estimate of drug-likeness (QED) is 0.888. The monoisotopic (exact) mass is 275 g/mol. The van der Waals surface area contributed by atoms with Crippen LogP contribution in [0.4, 0.5) is 0 Å². The summed E-state index contributed by atoms with van der Waals surface area (Å²) < 4.78 is 5.90. The average molecular weight is 276 g/mol. The molecule has 0 aromatic heterocycles. The Labute approximate surface area is 119 Å². The van der Waals surface area contributed by atoms with Crippen molar-refractivity contribution >= 4 is 11.6 Å². The molecule has 2 rings (SSSR count). The van der Waals surface area contributed by atoms with Crippen LogP contribution in [0.3, 0.4) is 0 Å². The molecule has 2 nitrogen and oxygen atoms in total. The molecule has 0 saturated heterocycles. The van der Waals surface area contributed by atoms with Gasteiger partial charge >= 0.3 is 0 Å². The summed E-state index contributed by atoms with van der Waals surface area (Å²) >= 11 is 6.21. The van der Waals surface area contributed by atoms with Crippen LogP contribution < -0.4 is 10.5 Å². The lowest BCUT2D eigenvalue weighted by molar-refractivity contribution is 0.476. The maximum atomic E-state index is 6.21. The molecule has 0 aliphatic rings. The number of hydrogen-bond acceptors (Lipinski definition) is 2. The highest BCUT2D eigenvalue weighted by molar-refractivity contribution is 6.32. The van der Waals surface area contributed by atoms with Crippen molar-refractivity contribution in [3.63, 3.8) is 0 Å². The van der Waals surface area contributed by atoms with Crippen LogP contribution in [-0.2, 0) is 12.8 Å². The Balaban J connectivity index is 2.26. The van der Waals surface area contributed by atoms with Gasteiger partial charge < -0.3 is 10.5 Å². The fourth-order valence-corrected chi connectivity index (χ4v) is 2.16. The third-order valence-electron chi connectivity index (χ3n) is 3.01. The number of hydrogen-bond donors (Lipinski definition) is 1. The van der Waals surface area contributed by atoms with Gasteiger partial charge in [-0.05, 0) is 48.7 Å². The molecule has 0 bridgehead atoms. The van der Waals surface area contributed by atoms with Gasteiger partial charge in [-0.25, -0.2) is 0 Å². The van der Waals surface area contributed by atoms with E-state index in [-0.39, 0.29) is 0 Å². The van der Waals surface area contributed by atoms with Crippen molar-refractivity contribution in [2.75, 3.05) is 6.54 Å². The molecule has 0 fully saturated rings. The summed E-state index contributed by atoms with van der Waals surface area (Å²) in [6.07, 6.45) is 1.77. The minimum Gasteiger partial charge on any atom is -0.456 e. The molecule has 0 aliphatic heterocycles. The lowest BCUT2D eigenvalue weighted by atomic mass is 10.1. The molecule has 0 amide bonds. The Morgan fingerprint density at radius 2 is 1.84 bits per heavy atom. The second-order valence-electron chi connectivity index (χ2n) is 4.37. The predicted octanol–water partition coefficient (Wildman–Crippen LogP) is 4.20. The van der Waals surface area contributed by atoms with Gasteiger partial charge in [0, 0.05) is 0 Å². The summed E-state index contributed by atoms with van der Waals surface area (Å²) in [7, 11) is 0. The van der Waals surface area contributed by atoms with Gasteiger partial charge in [0.25, 0.3) is 0 Å². The van der Waals surface area contributed by atoms with Crippen molar-refractivity contribution in [3.8, 4) is 11.5 Å². The van der Waals surface area contributed by atoms with E-state index in [1.807, 2.05) is 30.3 Å². The molecule has 0 atom stereocenters. The number of benzene rings is 2. The fraction of sp³-hybridized carbons (Fsp3) is 0.250. The molecule has 0 unspecified atom stereocenters. The van der Waals surface area contributed by atoms with E-state index in [0.717, 1.165) is 24.2 Å². The van der Waals surface area contributed by atoms with Gasteiger partial charge in [0.1, 0.15) is 11.5 Å². The summed E-state index contributed by atoms with van der Waals surface area (Å²) in [4.78, 5) is 0. The number of rotatable bonds is 5. The summed E-state index contributed by atoms with van der Waals surface area (Å²) in [6, 6.07) is 13.8. The molecule has 2 aromatic rings. The smallest absolute Gasteiger partial charge is 0.149 e. The van der Waals surface area contributed by atoms with Crippen molar-refractivity contribution in [1.82, 2.24) is 0 Å². The summed E-state index contributed by atoms with van der Waals surface area (Å²) in [5.74, 6) is 1.50. The molecule has 0 spiro atoms. The first kappa shape index (κ1) is 13.9. The van der Waals surface area contributed by atoms with Crippen molar-refractivity contribution < 1.29 is 4.74 Å². The molecule has 3 heteroatoms. The SMILES string of the molecule is CCc1ccc(Oc2c(Cl)cccc2CCN)cc1. The van der Waals surface area contributed by atoms with Crippen LogP contribution in [0.25, 0.3) is 0 Å². The zero-order chi connectivity index (χ0) is 13.7. The van der Waals surface area contributed by atoms with Crippen molar-refractivity contribution in [2.24, 2.45) is 5.73 Å². The van der Waals surface area contributed by atoms with E-state index in [0.29, 0.717) is 17.3 Å². The third-order valence-corrected chi connectivity index (χ3v) is 3.31. The number of ether oxygens (including phenoxy) is 1. The number of nitrogens with two attached hydrogens (primary N) is 1. The van der Waals surface area contributed by atoms with Crippen LogP contribution in [0, 0.1) is 0 Å². The van der Waals surface area contributed by atoms with Crippen LogP contribution in [-0.4, -0.2) is 6.54 Å². The molecule has 2 aromatic carbocycles. The molecule has 0 radical (unpaired) electrons. The average Bonchev–Trinajstić information content (AvgIpc) is 2.44. The molecule has 0 heterocycles. The second kappa shape index (κ2) is 6.60. The Hall–Kier alpha value is -1.51. The maximum absolute atomic E-state index is 6.21. The van der Waals surface area contributed by atoms with Gasteiger partial charge in [0.2, 0.25) is 0 Å². The Bertz CT molecular complexity index is 537. The Kier molecular flexibility index (Phi) is 4.83. The lowest BCUT2D eigenvalue weighted by Crippen LogP contribution is -2.04. The first-order chi connectivity index (χ1) is 9.24. The molecule has 0 aliphatic carbocycles. The standard InChI is InChI=1S/C16H18ClNO/c1-2-12-6-8-14(9-7-12)19-16-13(10-11-18)4-3-5-15(16)17/h3-9H,2,10-11,18H2,1H3. The van der Waals surface area contributed by atoms with Crippen molar-refractivity contribution in [1.29, 1.82) is 0 Å². The van der Waals surface area contributed by atoms with E-state index in [4.69, 9.17) is 22.1 Å². The minimum atomic E-state index is 0.575. The van der Waals surface area contributed by atoms with Crippen LogP contribution >= 0.6 is 11.6 Å². The van der Waals surface area contributed by atoms with E-state index >= 15 is 0 Å². The van der Waals surface area contributed by atoms with E-state index in [1.54, 1.807) is 0 Å². The van der Waals surface area contributed by atoms with E-state index in [1.165, 1.54) is 5.56 Å². The third kappa shape index (κ3) is 3.49. The number of para-hydroxylation sites is 1. The molecule has 19 heavy (non-hydrogen) atoms. The predicted molar refractivity (Wildman–Crippen MR) is 80.1 cm³/mol. The fourth-order valence-electron chi connectivity index (χ4n) is 1.93. The largest absolute Gasteiger partial charge is 0.456 e. The Morgan fingerprint density at radius 3 is 2.47 bits per heavy atom. The van der Waals surface area contributed by atoms with Gasteiger partial charge in [-0.1, -0.05) is 42.8 Å². The summed E-state index contributed by atoms with van der Waals surface area (Å²) in [5, 5.41) is 0.616. The van der Waals surface area contributed by atoms with Crippen molar-refractivity contribution in [2.45, 2.75) is 19.8 Å². The molecular formula is C16H18ClNO. The highest BCUT2D eigenvalue weighted by Crippen LogP contribution is 2.33. The number of halogens is 1. The minimum absolute atomic E-state index is 0.575. The van der Waals surface area contributed by atoms with Crippen molar-refractivity contribution in [3.05, 3.63) is 58.6 Å². The highest BCUT2D eigenvalue weighted by Gasteiger charge is 2.09. The van der Waals surface area contributed by atoms with Crippen LogP contribution in [0.2, 0.25) is 5.02 Å². The summed E-state index contributed by atoms with van der Waals surface area (Å²) in [5.41, 5.74) is 7.93. The maximum Gasteiger partial charge on any atom is 0.149 e. The molecule has 2 N–H and O–H groups in total. The highest BCUT2D eigenvalue weighted by atomic mass is 35.5. The van der Waals surface area contributed by atoms with E-state index < -0.39 is 0 Å². The molecule has 0 saturated carbocycles. The first-order valence-corrected chi connectivity index (χ1v) is 6.86. The summed E-state index contributed by atoms with van der Waals surface area (Å²) in [6.45, 7) is 2.70. The zero-order valence-electron chi connectivity index (χ0n) is 11.0. The van der Waals surface area contributed by atoms with E-state index in [2.05, 4.69) is 19.1 Å². The molecule has 100 valence electrons. The van der Waals surface area contributed by atoms with Crippen LogP contribution in [0.15, 0.2) is 42.5 Å². The molecular weight excluding hydrogens is 258 g/mol. The topological polar surface area (TPSA) is 35.2 Å². The van der Waals surface area contributed by atoms with E-state index in [9.17, 15) is 0 Å². The normalized spacial score (nSPS) is 10.5. The van der Waals surface area contributed by atoms with Gasteiger partial charge in [-0.15, -0.1) is 0 Å². The van der Waals surface area contributed by atoms with Crippen LogP contribution in [0.1, 0.15) is 18.1 Å². The van der Waals surface area contributed by atoms with Gasteiger partial charge in [0.15, 0.2) is 0 Å². The zero-order valence-corrected chi connectivity index (χ0v) is 11.8. The number of aryl methyl sites for hydroxylation is 1. The van der Waals surface area contributed by atoms with Gasteiger partial charge in [0.05, 0.1) is 5.02 Å². The van der Waals surface area contributed by atoms with Gasteiger partial charge in [-0.3, -0.25) is 0 Å². The van der Waals surface area contributed by atoms with Gasteiger partial charge in [-0.2, -0.15) is 0 Å². The first-order valence-electron chi connectivity index (χ1n) is 6.49. The lowest BCUT2D eigenvalue weighted by Gasteiger charge is -2.12.